The maximum atomic E-state index is 12.6. The van der Waals surface area contributed by atoms with E-state index in [1.54, 1.807) is 12.1 Å². The molecule has 0 spiro atoms. The molecule has 1 unspecified atom stereocenters. The van der Waals surface area contributed by atoms with Gasteiger partial charge in [-0.1, -0.05) is 17.3 Å². The lowest BCUT2D eigenvalue weighted by molar-refractivity contribution is 0.316. The summed E-state index contributed by atoms with van der Waals surface area (Å²) in [5.74, 6) is -0.0908. The predicted molar refractivity (Wildman–Crippen MR) is 61.0 cm³/mol. The summed E-state index contributed by atoms with van der Waals surface area (Å²) in [6, 6.07) is 6.54. The molecule has 0 heterocycles. The summed E-state index contributed by atoms with van der Waals surface area (Å²) in [7, 11) is 0. The molecular formula is C11H16FN3O. The SMILES string of the molecule is CC(Cc1ccc(F)cc1)NCC(N)=NO. The normalized spacial score (nSPS) is 13.8. The number of nitrogens with one attached hydrogen (secondary N) is 1. The van der Waals surface area contributed by atoms with E-state index in [4.69, 9.17) is 10.9 Å². The standard InChI is InChI=1S/C11H16FN3O/c1-8(14-7-11(13)15-16)6-9-2-4-10(12)5-3-9/h2-5,8,14,16H,6-7H2,1H3,(H2,13,15). The van der Waals surface area contributed by atoms with Crippen molar-refractivity contribution in [2.45, 2.75) is 19.4 Å². The molecule has 88 valence electrons. The first-order valence-corrected chi connectivity index (χ1v) is 5.06. The number of benzene rings is 1. The van der Waals surface area contributed by atoms with Gasteiger partial charge in [0, 0.05) is 6.04 Å². The molecule has 4 nitrogen and oxygen atoms in total. The highest BCUT2D eigenvalue weighted by atomic mass is 19.1. The van der Waals surface area contributed by atoms with Crippen LogP contribution < -0.4 is 11.1 Å². The molecule has 0 aromatic heterocycles. The Labute approximate surface area is 94.0 Å². The minimum atomic E-state index is -0.235. The van der Waals surface area contributed by atoms with Crippen LogP contribution in [0.15, 0.2) is 29.4 Å². The number of rotatable bonds is 5. The summed E-state index contributed by atoms with van der Waals surface area (Å²) < 4.78 is 12.6. The van der Waals surface area contributed by atoms with Crippen LogP contribution in [-0.2, 0) is 6.42 Å². The van der Waals surface area contributed by atoms with E-state index in [0.29, 0.717) is 6.54 Å². The number of halogens is 1. The molecule has 0 saturated heterocycles. The molecule has 1 atom stereocenters. The van der Waals surface area contributed by atoms with Crippen LogP contribution in [0.5, 0.6) is 0 Å². The summed E-state index contributed by atoms with van der Waals surface area (Å²) in [5, 5.41) is 14.3. The molecule has 1 aromatic carbocycles. The van der Waals surface area contributed by atoms with E-state index >= 15 is 0 Å². The summed E-state index contributed by atoms with van der Waals surface area (Å²) in [5.41, 5.74) is 6.36. The first-order valence-electron chi connectivity index (χ1n) is 5.06. The average molecular weight is 225 g/mol. The number of nitrogens with two attached hydrogens (primary N) is 1. The third kappa shape index (κ3) is 4.27. The molecule has 0 fully saturated rings. The van der Waals surface area contributed by atoms with Crippen LogP contribution in [0.4, 0.5) is 4.39 Å². The zero-order valence-electron chi connectivity index (χ0n) is 9.15. The largest absolute Gasteiger partial charge is 0.409 e. The molecule has 0 aliphatic rings. The molecule has 0 bridgehead atoms. The number of nitrogens with zero attached hydrogens (tertiary/aromatic N) is 1. The van der Waals surface area contributed by atoms with Gasteiger partial charge >= 0.3 is 0 Å². The predicted octanol–water partition coefficient (Wildman–Crippen LogP) is 1.09. The van der Waals surface area contributed by atoms with Crippen molar-refractivity contribution in [1.82, 2.24) is 5.32 Å². The number of hydrogen-bond acceptors (Lipinski definition) is 3. The molecule has 0 saturated carbocycles. The smallest absolute Gasteiger partial charge is 0.153 e. The molecule has 1 rings (SSSR count). The average Bonchev–Trinajstić information content (AvgIpc) is 2.29. The van der Waals surface area contributed by atoms with Gasteiger partial charge in [0.15, 0.2) is 5.84 Å². The van der Waals surface area contributed by atoms with Crippen LogP contribution in [0.3, 0.4) is 0 Å². The summed E-state index contributed by atoms with van der Waals surface area (Å²) >= 11 is 0. The van der Waals surface area contributed by atoms with Crippen LogP contribution in [-0.4, -0.2) is 23.6 Å². The van der Waals surface area contributed by atoms with Gasteiger partial charge in [0.25, 0.3) is 0 Å². The van der Waals surface area contributed by atoms with Crippen molar-refractivity contribution in [1.29, 1.82) is 0 Å². The van der Waals surface area contributed by atoms with Gasteiger partial charge < -0.3 is 16.3 Å². The second kappa shape index (κ2) is 6.07. The Hall–Kier alpha value is -1.62. The second-order valence-electron chi connectivity index (χ2n) is 3.70. The molecule has 16 heavy (non-hydrogen) atoms. The molecule has 0 aliphatic heterocycles. The van der Waals surface area contributed by atoms with Crippen molar-refractivity contribution in [3.63, 3.8) is 0 Å². The van der Waals surface area contributed by atoms with Crippen molar-refractivity contribution in [3.05, 3.63) is 35.6 Å². The lowest BCUT2D eigenvalue weighted by Crippen LogP contribution is -2.36. The first kappa shape index (κ1) is 12.4. The van der Waals surface area contributed by atoms with E-state index in [1.807, 2.05) is 6.92 Å². The van der Waals surface area contributed by atoms with Gasteiger partial charge in [0.2, 0.25) is 0 Å². The van der Waals surface area contributed by atoms with Crippen LogP contribution in [0.1, 0.15) is 12.5 Å². The van der Waals surface area contributed by atoms with Crippen molar-refractivity contribution in [3.8, 4) is 0 Å². The Morgan fingerprint density at radius 3 is 2.69 bits per heavy atom. The monoisotopic (exact) mass is 225 g/mol. The van der Waals surface area contributed by atoms with E-state index in [0.717, 1.165) is 12.0 Å². The molecule has 5 heteroatoms. The molecule has 4 N–H and O–H groups in total. The van der Waals surface area contributed by atoms with Crippen LogP contribution in [0.2, 0.25) is 0 Å². The lowest BCUT2D eigenvalue weighted by Gasteiger charge is -2.13. The summed E-state index contributed by atoms with van der Waals surface area (Å²) in [4.78, 5) is 0. The van der Waals surface area contributed by atoms with Crippen molar-refractivity contribution in [2.75, 3.05) is 6.54 Å². The summed E-state index contributed by atoms with van der Waals surface area (Å²) in [6.45, 7) is 2.31. The van der Waals surface area contributed by atoms with E-state index < -0.39 is 0 Å². The van der Waals surface area contributed by atoms with E-state index in [1.165, 1.54) is 12.1 Å². The fourth-order valence-corrected chi connectivity index (χ4v) is 1.36. The lowest BCUT2D eigenvalue weighted by atomic mass is 10.1. The number of oxime groups is 1. The fourth-order valence-electron chi connectivity index (χ4n) is 1.36. The zero-order valence-corrected chi connectivity index (χ0v) is 9.15. The summed E-state index contributed by atoms with van der Waals surface area (Å²) in [6.07, 6.45) is 0.763. The topological polar surface area (TPSA) is 70.6 Å². The fraction of sp³-hybridized carbons (Fsp3) is 0.364. The van der Waals surface area contributed by atoms with E-state index in [2.05, 4.69) is 10.5 Å². The van der Waals surface area contributed by atoms with Crippen molar-refractivity contribution >= 4 is 5.84 Å². The second-order valence-corrected chi connectivity index (χ2v) is 3.70. The van der Waals surface area contributed by atoms with Crippen molar-refractivity contribution < 1.29 is 9.60 Å². The molecule has 0 radical (unpaired) electrons. The van der Waals surface area contributed by atoms with Gasteiger partial charge in [-0.25, -0.2) is 4.39 Å². The highest BCUT2D eigenvalue weighted by Gasteiger charge is 2.04. The minimum absolute atomic E-state index is 0.144. The maximum Gasteiger partial charge on any atom is 0.153 e. The number of amidine groups is 1. The van der Waals surface area contributed by atoms with E-state index in [-0.39, 0.29) is 17.7 Å². The molecule has 0 aliphatic carbocycles. The van der Waals surface area contributed by atoms with Gasteiger partial charge in [-0.05, 0) is 31.0 Å². The third-order valence-electron chi connectivity index (χ3n) is 2.22. The Kier molecular flexibility index (Phi) is 4.72. The quantitative estimate of drug-likeness (QED) is 0.304. The van der Waals surface area contributed by atoms with Gasteiger partial charge in [-0.3, -0.25) is 0 Å². The first-order chi connectivity index (χ1) is 7.61. The van der Waals surface area contributed by atoms with Crippen molar-refractivity contribution in [2.24, 2.45) is 10.9 Å². The maximum absolute atomic E-state index is 12.6. The molecule has 0 amide bonds. The molecule has 1 aromatic rings. The van der Waals surface area contributed by atoms with Gasteiger partial charge in [0.05, 0.1) is 6.54 Å². The Balaban J connectivity index is 2.39. The van der Waals surface area contributed by atoms with Crippen LogP contribution in [0, 0.1) is 5.82 Å². The molecular weight excluding hydrogens is 209 g/mol. The zero-order chi connectivity index (χ0) is 12.0. The van der Waals surface area contributed by atoms with Gasteiger partial charge in [-0.2, -0.15) is 0 Å². The Morgan fingerprint density at radius 1 is 1.50 bits per heavy atom. The van der Waals surface area contributed by atoms with Crippen LogP contribution >= 0.6 is 0 Å². The van der Waals surface area contributed by atoms with E-state index in [9.17, 15) is 4.39 Å². The highest BCUT2D eigenvalue weighted by Crippen LogP contribution is 2.05. The third-order valence-corrected chi connectivity index (χ3v) is 2.22. The van der Waals surface area contributed by atoms with Crippen LogP contribution in [0.25, 0.3) is 0 Å². The highest BCUT2D eigenvalue weighted by molar-refractivity contribution is 5.81. The van der Waals surface area contributed by atoms with Gasteiger partial charge in [-0.15, -0.1) is 0 Å². The van der Waals surface area contributed by atoms with Gasteiger partial charge in [0.1, 0.15) is 5.82 Å². The Morgan fingerprint density at radius 2 is 2.12 bits per heavy atom. The number of hydrogen-bond donors (Lipinski definition) is 3. The Bertz CT molecular complexity index is 351. The minimum Gasteiger partial charge on any atom is -0.409 e.